The first-order chi connectivity index (χ1) is 5.82. The largest absolute Gasteiger partial charge is 1.00 e. The Balaban J connectivity index is 0. The molecule has 72 valence electrons. The van der Waals surface area contributed by atoms with E-state index in [0.717, 1.165) is 12.1 Å². The summed E-state index contributed by atoms with van der Waals surface area (Å²) in [5.74, 6) is 0. The average Bonchev–Trinajstić information content (AvgIpc) is 1.78. The van der Waals surface area contributed by atoms with Gasteiger partial charge in [0, 0.05) is 5.02 Å². The Morgan fingerprint density at radius 1 is 0.867 bits per heavy atom. The van der Waals surface area contributed by atoms with Crippen molar-refractivity contribution in [3.05, 3.63) is 27.2 Å². The molecule has 1 rings (SSSR count). The van der Waals surface area contributed by atoms with E-state index in [0.29, 0.717) is 0 Å². The molecule has 0 aromatic heterocycles. The molecule has 0 unspecified atom stereocenters. The van der Waals surface area contributed by atoms with Crippen molar-refractivity contribution in [3.8, 4) is 0 Å². The number of rotatable bonds is 1. The Hall–Kier alpha value is 2.40. The fourth-order valence-corrected chi connectivity index (χ4v) is 2.89. The molecule has 1 aromatic carbocycles. The predicted molar refractivity (Wildman–Crippen MR) is 48.0 cm³/mol. The van der Waals surface area contributed by atoms with E-state index < -0.39 is 13.2 Å². The predicted octanol–water partition coefficient (Wildman–Crippen LogP) is -5.88. The van der Waals surface area contributed by atoms with Crippen LogP contribution in [-0.2, 0) is 0 Å². The summed E-state index contributed by atoms with van der Waals surface area (Å²) in [5.41, 5.74) is 0. The number of benzene rings is 1. The van der Waals surface area contributed by atoms with Crippen LogP contribution in [0.3, 0.4) is 0 Å². The minimum absolute atomic E-state index is 0. The van der Waals surface area contributed by atoms with Crippen molar-refractivity contribution in [1.82, 2.24) is 0 Å². The maximum atomic E-state index is 10.6. The average molecular weight is 305 g/mol. The summed E-state index contributed by atoms with van der Waals surface area (Å²) in [6, 6.07) is 2.29. The van der Waals surface area contributed by atoms with Gasteiger partial charge in [0.05, 0.1) is 10.0 Å². The van der Waals surface area contributed by atoms with Crippen molar-refractivity contribution in [2.45, 2.75) is 0 Å². The molecular formula is C6H2Cl3Na2O3P. The molecule has 0 saturated heterocycles. The summed E-state index contributed by atoms with van der Waals surface area (Å²) in [6.07, 6.45) is 0. The Kier molecular flexibility index (Phi) is 10.2. The first-order valence-corrected chi connectivity index (χ1v) is 5.67. The molecule has 0 radical (unpaired) electrons. The van der Waals surface area contributed by atoms with Gasteiger partial charge < -0.3 is 14.7 Å². The third-order valence-electron chi connectivity index (χ3n) is 1.26. The molecule has 0 bridgehead atoms. The van der Waals surface area contributed by atoms with Crippen molar-refractivity contribution in [2.24, 2.45) is 0 Å². The molecule has 0 saturated carbocycles. The zero-order chi connectivity index (χ0) is 10.2. The Labute approximate surface area is 147 Å². The summed E-state index contributed by atoms with van der Waals surface area (Å²) in [5, 5.41) is -0.955. The molecule has 0 aliphatic carbocycles. The van der Waals surface area contributed by atoms with Gasteiger partial charge in [0.25, 0.3) is 0 Å². The second-order valence-corrected chi connectivity index (χ2v) is 4.91. The molecule has 0 heterocycles. The van der Waals surface area contributed by atoms with Crippen LogP contribution in [0.25, 0.3) is 0 Å². The Morgan fingerprint density at radius 2 is 1.20 bits per heavy atom. The summed E-state index contributed by atoms with van der Waals surface area (Å²) < 4.78 is 0. The minimum atomic E-state index is -4.94. The SMILES string of the molecule is [Na+].[Na+].[O-][P+]([O-])([O-])c1c(Cl)cc(Cl)cc1Cl. The fraction of sp³-hybridized carbons (Fsp3) is 0. The van der Waals surface area contributed by atoms with E-state index in [1.807, 2.05) is 0 Å². The molecule has 3 nitrogen and oxygen atoms in total. The molecule has 1 aromatic rings. The van der Waals surface area contributed by atoms with E-state index in [9.17, 15) is 14.7 Å². The zero-order valence-electron chi connectivity index (χ0n) is 7.96. The Morgan fingerprint density at radius 3 is 1.47 bits per heavy atom. The monoisotopic (exact) mass is 304 g/mol. The van der Waals surface area contributed by atoms with Gasteiger partial charge in [-0.2, -0.15) is 0 Å². The van der Waals surface area contributed by atoms with Gasteiger partial charge in [-0.1, -0.05) is 34.8 Å². The molecule has 0 fully saturated rings. The van der Waals surface area contributed by atoms with Crippen LogP contribution in [0.5, 0.6) is 0 Å². The van der Waals surface area contributed by atoms with Crippen molar-refractivity contribution in [3.63, 3.8) is 0 Å². The van der Waals surface area contributed by atoms with Crippen LogP contribution >= 0.6 is 42.7 Å². The van der Waals surface area contributed by atoms with Crippen LogP contribution in [0.2, 0.25) is 15.1 Å². The van der Waals surface area contributed by atoms with E-state index in [1.54, 1.807) is 0 Å². The first kappa shape index (κ1) is 19.7. The van der Waals surface area contributed by atoms with E-state index in [1.165, 1.54) is 0 Å². The Bertz CT molecular complexity index is 322. The van der Waals surface area contributed by atoms with Crippen LogP contribution in [0, 0.1) is 0 Å². The van der Waals surface area contributed by atoms with Crippen molar-refractivity contribution in [2.75, 3.05) is 0 Å². The van der Waals surface area contributed by atoms with Crippen LogP contribution in [-0.4, -0.2) is 0 Å². The molecule has 0 amide bonds. The number of halogens is 3. The van der Waals surface area contributed by atoms with Crippen molar-refractivity contribution >= 4 is 48.1 Å². The van der Waals surface area contributed by atoms with E-state index in [2.05, 4.69) is 0 Å². The third-order valence-corrected chi connectivity index (χ3v) is 3.36. The molecule has 0 aliphatic heterocycles. The van der Waals surface area contributed by atoms with Gasteiger partial charge in [-0.15, -0.1) is 7.94 Å². The van der Waals surface area contributed by atoms with Crippen LogP contribution < -0.4 is 79.1 Å². The van der Waals surface area contributed by atoms with Gasteiger partial charge in [-0.05, 0) is 12.1 Å². The van der Waals surface area contributed by atoms with Crippen LogP contribution in [0.4, 0.5) is 0 Å². The molecule has 0 spiro atoms. The van der Waals surface area contributed by atoms with Gasteiger partial charge in [0.1, 0.15) is 5.30 Å². The zero-order valence-corrected chi connectivity index (χ0v) is 15.1. The summed E-state index contributed by atoms with van der Waals surface area (Å²) in [4.78, 5) is 31.9. The molecular weight excluding hydrogens is 303 g/mol. The third kappa shape index (κ3) is 5.71. The molecule has 0 aliphatic rings. The fourth-order valence-electron chi connectivity index (χ4n) is 0.796. The minimum Gasteiger partial charge on any atom is -0.683 e. The van der Waals surface area contributed by atoms with Crippen LogP contribution in [0.1, 0.15) is 0 Å². The number of hydrogen-bond donors (Lipinski definition) is 0. The summed E-state index contributed by atoms with van der Waals surface area (Å²) in [6.45, 7) is 0. The molecule has 15 heavy (non-hydrogen) atoms. The maximum absolute atomic E-state index is 10.6. The molecule has 0 N–H and O–H groups in total. The summed E-state index contributed by atoms with van der Waals surface area (Å²) >= 11 is 16.5. The maximum Gasteiger partial charge on any atom is 1.00 e. The van der Waals surface area contributed by atoms with Crippen LogP contribution in [0.15, 0.2) is 12.1 Å². The topological polar surface area (TPSA) is 69.2 Å². The quantitative estimate of drug-likeness (QED) is 0.383. The van der Waals surface area contributed by atoms with Gasteiger partial charge >= 0.3 is 59.1 Å². The van der Waals surface area contributed by atoms with E-state index in [4.69, 9.17) is 34.8 Å². The molecule has 9 heteroatoms. The van der Waals surface area contributed by atoms with Gasteiger partial charge in [0.15, 0.2) is 0 Å². The van der Waals surface area contributed by atoms with Gasteiger partial charge in [-0.3, -0.25) is 0 Å². The molecule has 0 atom stereocenters. The van der Waals surface area contributed by atoms with E-state index >= 15 is 0 Å². The normalized spacial score (nSPS) is 10.3. The van der Waals surface area contributed by atoms with E-state index in [-0.39, 0.29) is 74.2 Å². The first-order valence-electron chi connectivity index (χ1n) is 2.99. The smallest absolute Gasteiger partial charge is 0.683 e. The second-order valence-electron chi connectivity index (χ2n) is 2.22. The summed E-state index contributed by atoms with van der Waals surface area (Å²) in [7, 11) is -4.94. The van der Waals surface area contributed by atoms with Gasteiger partial charge in [-0.25, -0.2) is 0 Å². The van der Waals surface area contributed by atoms with Crippen molar-refractivity contribution < 1.29 is 73.8 Å². The van der Waals surface area contributed by atoms with Crippen molar-refractivity contribution in [1.29, 1.82) is 0 Å². The standard InChI is InChI=1S/C6H4Cl3O3P.2Na/c7-3-1-4(8)6(5(9)2-3)13(10,11)12;;/h1-2H,(H2,10,11,12);;/q;2*+1/p-2. The second kappa shape index (κ2) is 7.75. The van der Waals surface area contributed by atoms with Gasteiger partial charge in [0.2, 0.25) is 0 Å². The number of hydrogen-bond acceptors (Lipinski definition) is 3.